The molecule has 1 heterocycles. The number of thiocarbonyl (C=S) groups is 1. The van der Waals surface area contributed by atoms with Gasteiger partial charge in [0.25, 0.3) is 0 Å². The fourth-order valence-corrected chi connectivity index (χ4v) is 1.83. The maximum atomic E-state index is 9.62. The fourth-order valence-electron chi connectivity index (χ4n) is 1.66. The molecule has 4 heteroatoms. The van der Waals surface area contributed by atoms with Crippen LogP contribution < -0.4 is 5.32 Å². The Labute approximate surface area is 99.4 Å². The Morgan fingerprint density at radius 3 is 2.69 bits per heavy atom. The second-order valence-electron chi connectivity index (χ2n) is 3.82. The van der Waals surface area contributed by atoms with Gasteiger partial charge >= 0.3 is 0 Å². The zero-order valence-corrected chi connectivity index (χ0v) is 9.55. The number of nitrogens with one attached hydrogen (secondary N) is 1. The summed E-state index contributed by atoms with van der Waals surface area (Å²) in [5.41, 5.74) is 1.93. The molecule has 3 nitrogen and oxygen atoms in total. The smallest absolute Gasteiger partial charge is 0.126 e. The van der Waals surface area contributed by atoms with Crippen LogP contribution in [0, 0.1) is 0 Å². The average molecular weight is 235 g/mol. The van der Waals surface area contributed by atoms with Crippen molar-refractivity contribution in [2.24, 2.45) is 0 Å². The molecule has 0 aromatic heterocycles. The highest BCUT2D eigenvalue weighted by atomic mass is 32.1. The average Bonchev–Trinajstić information content (AvgIpc) is 2.25. The van der Waals surface area contributed by atoms with Crippen molar-refractivity contribution < 1.29 is 10.2 Å². The van der Waals surface area contributed by atoms with E-state index in [4.69, 9.17) is 17.3 Å². The van der Waals surface area contributed by atoms with Crippen LogP contribution in [0.3, 0.4) is 0 Å². The van der Waals surface area contributed by atoms with Gasteiger partial charge in [0.1, 0.15) is 11.5 Å². The van der Waals surface area contributed by atoms with Crippen LogP contribution in [-0.2, 0) is 0 Å². The van der Waals surface area contributed by atoms with Crippen LogP contribution in [0.2, 0.25) is 0 Å². The third-order valence-corrected chi connectivity index (χ3v) is 2.91. The van der Waals surface area contributed by atoms with E-state index in [1.54, 1.807) is 12.1 Å². The van der Waals surface area contributed by atoms with Gasteiger partial charge in [-0.3, -0.25) is 0 Å². The number of piperidine rings is 1. The van der Waals surface area contributed by atoms with Crippen molar-refractivity contribution in [2.75, 3.05) is 6.54 Å². The van der Waals surface area contributed by atoms with E-state index in [-0.39, 0.29) is 11.5 Å². The van der Waals surface area contributed by atoms with E-state index in [9.17, 15) is 5.11 Å². The standard InChI is InChI=1S/C12H13NO2S/c14-10-3-2-9(11(15)6-10)5-8-1-4-12(16)13-7-8/h2-3,5-6,14-15H,1,4,7H2,(H,13,16). The third-order valence-electron chi connectivity index (χ3n) is 2.56. The van der Waals surface area contributed by atoms with Gasteiger partial charge in [-0.25, -0.2) is 0 Å². The Kier molecular flexibility index (Phi) is 3.10. The van der Waals surface area contributed by atoms with Gasteiger partial charge in [0, 0.05) is 24.6 Å². The Morgan fingerprint density at radius 1 is 1.25 bits per heavy atom. The quantitative estimate of drug-likeness (QED) is 0.653. The minimum Gasteiger partial charge on any atom is -0.508 e. The maximum absolute atomic E-state index is 9.62. The lowest BCUT2D eigenvalue weighted by atomic mass is 10.0. The molecule has 0 atom stereocenters. The summed E-state index contributed by atoms with van der Waals surface area (Å²) in [4.78, 5) is 0.895. The van der Waals surface area contributed by atoms with E-state index >= 15 is 0 Å². The summed E-state index contributed by atoms with van der Waals surface area (Å²) in [5.74, 6) is 0.170. The predicted molar refractivity (Wildman–Crippen MR) is 67.6 cm³/mol. The summed E-state index contributed by atoms with van der Waals surface area (Å²) >= 11 is 5.05. The predicted octanol–water partition coefficient (Wildman–Crippen LogP) is 2.19. The van der Waals surface area contributed by atoms with Gasteiger partial charge in [0.05, 0.1) is 4.99 Å². The van der Waals surface area contributed by atoms with E-state index < -0.39 is 0 Å². The number of hydrogen-bond donors (Lipinski definition) is 3. The first-order valence-electron chi connectivity index (χ1n) is 5.13. The van der Waals surface area contributed by atoms with Crippen molar-refractivity contribution in [1.82, 2.24) is 5.32 Å². The molecule has 1 aliphatic rings. The zero-order valence-electron chi connectivity index (χ0n) is 8.73. The monoisotopic (exact) mass is 235 g/mol. The molecule has 0 amide bonds. The van der Waals surface area contributed by atoms with Crippen LogP contribution in [0.5, 0.6) is 11.5 Å². The molecular formula is C12H13NO2S. The van der Waals surface area contributed by atoms with E-state index in [0.717, 1.165) is 29.9 Å². The van der Waals surface area contributed by atoms with Crippen LogP contribution in [-0.4, -0.2) is 21.7 Å². The molecule has 1 aliphatic heterocycles. The SMILES string of the molecule is Oc1ccc(C=C2CCC(=S)NC2)c(O)c1. The van der Waals surface area contributed by atoms with Crippen molar-refractivity contribution in [3.05, 3.63) is 29.3 Å². The highest BCUT2D eigenvalue weighted by Crippen LogP contribution is 2.25. The van der Waals surface area contributed by atoms with Crippen LogP contribution in [0.1, 0.15) is 18.4 Å². The maximum Gasteiger partial charge on any atom is 0.126 e. The Hall–Kier alpha value is -1.55. The van der Waals surface area contributed by atoms with Crippen molar-refractivity contribution in [3.8, 4) is 11.5 Å². The van der Waals surface area contributed by atoms with Gasteiger partial charge in [-0.2, -0.15) is 0 Å². The first-order chi connectivity index (χ1) is 7.65. The number of aromatic hydroxyl groups is 2. The number of phenols is 2. The van der Waals surface area contributed by atoms with Gasteiger partial charge in [-0.15, -0.1) is 0 Å². The second-order valence-corrected chi connectivity index (χ2v) is 4.32. The Bertz CT molecular complexity index is 442. The van der Waals surface area contributed by atoms with E-state index in [1.807, 2.05) is 6.08 Å². The Balaban J connectivity index is 2.19. The van der Waals surface area contributed by atoms with Crippen molar-refractivity contribution in [2.45, 2.75) is 12.8 Å². The summed E-state index contributed by atoms with van der Waals surface area (Å²) in [6.07, 6.45) is 3.72. The van der Waals surface area contributed by atoms with Gasteiger partial charge in [-0.1, -0.05) is 23.9 Å². The van der Waals surface area contributed by atoms with E-state index in [0.29, 0.717) is 0 Å². The molecule has 0 radical (unpaired) electrons. The lowest BCUT2D eigenvalue weighted by Crippen LogP contribution is -2.28. The zero-order chi connectivity index (χ0) is 11.5. The Morgan fingerprint density at radius 2 is 2.06 bits per heavy atom. The van der Waals surface area contributed by atoms with Crippen molar-refractivity contribution >= 4 is 23.3 Å². The largest absolute Gasteiger partial charge is 0.508 e. The molecule has 0 spiro atoms. The highest BCUT2D eigenvalue weighted by molar-refractivity contribution is 7.80. The van der Waals surface area contributed by atoms with Gasteiger partial charge in [0.2, 0.25) is 0 Å². The van der Waals surface area contributed by atoms with Crippen molar-refractivity contribution in [1.29, 1.82) is 0 Å². The van der Waals surface area contributed by atoms with Gasteiger partial charge in [0.15, 0.2) is 0 Å². The lowest BCUT2D eigenvalue weighted by molar-refractivity contribution is 0.449. The number of rotatable bonds is 1. The number of hydrogen-bond acceptors (Lipinski definition) is 3. The first kappa shape index (κ1) is 11.0. The molecule has 1 fully saturated rings. The highest BCUT2D eigenvalue weighted by Gasteiger charge is 2.09. The molecule has 0 aliphatic carbocycles. The minimum atomic E-state index is 0.0718. The summed E-state index contributed by atoms with van der Waals surface area (Å²) in [7, 11) is 0. The second kappa shape index (κ2) is 4.53. The minimum absolute atomic E-state index is 0.0718. The summed E-state index contributed by atoms with van der Waals surface area (Å²) in [6, 6.07) is 4.60. The molecule has 0 unspecified atom stereocenters. The third kappa shape index (κ3) is 2.52. The van der Waals surface area contributed by atoms with E-state index in [2.05, 4.69) is 5.32 Å². The van der Waals surface area contributed by atoms with E-state index in [1.165, 1.54) is 11.6 Å². The first-order valence-corrected chi connectivity index (χ1v) is 5.54. The molecule has 3 N–H and O–H groups in total. The summed E-state index contributed by atoms with van der Waals surface area (Å²) in [5, 5.41) is 21.9. The fraction of sp³-hybridized carbons (Fsp3) is 0.250. The molecule has 16 heavy (non-hydrogen) atoms. The summed E-state index contributed by atoms with van der Waals surface area (Å²) < 4.78 is 0. The summed E-state index contributed by atoms with van der Waals surface area (Å²) in [6.45, 7) is 0.735. The molecule has 1 saturated heterocycles. The van der Waals surface area contributed by atoms with Crippen LogP contribution >= 0.6 is 12.2 Å². The molecular weight excluding hydrogens is 222 g/mol. The van der Waals surface area contributed by atoms with Crippen LogP contribution in [0.25, 0.3) is 6.08 Å². The molecule has 2 rings (SSSR count). The molecule has 84 valence electrons. The molecule has 0 bridgehead atoms. The van der Waals surface area contributed by atoms with Crippen LogP contribution in [0.4, 0.5) is 0 Å². The molecule has 1 aromatic rings. The van der Waals surface area contributed by atoms with Crippen molar-refractivity contribution in [3.63, 3.8) is 0 Å². The van der Waals surface area contributed by atoms with Crippen LogP contribution in [0.15, 0.2) is 23.8 Å². The topological polar surface area (TPSA) is 52.5 Å². The number of phenolic OH excluding ortho intramolecular Hbond substituents is 2. The van der Waals surface area contributed by atoms with Gasteiger partial charge < -0.3 is 15.5 Å². The lowest BCUT2D eigenvalue weighted by Gasteiger charge is -2.17. The molecule has 1 aromatic carbocycles. The molecule has 0 saturated carbocycles. The normalized spacial score (nSPS) is 18.5. The van der Waals surface area contributed by atoms with Gasteiger partial charge in [-0.05, 0) is 18.6 Å². The number of benzene rings is 1.